The van der Waals surface area contributed by atoms with E-state index in [1.807, 2.05) is 36.1 Å². The highest BCUT2D eigenvalue weighted by atomic mass is 32.2. The number of amides is 1. The molecule has 0 aromatic heterocycles. The summed E-state index contributed by atoms with van der Waals surface area (Å²) in [7, 11) is -0.189. The van der Waals surface area contributed by atoms with Crippen LogP contribution in [0.25, 0.3) is 0 Å². The minimum atomic E-state index is -3.33. The number of methoxy groups -OCH3 is 1. The topological polar surface area (TPSA) is 79.4 Å². The Labute approximate surface area is 190 Å². The predicted molar refractivity (Wildman–Crippen MR) is 126 cm³/mol. The minimum absolute atomic E-state index is 0.0285. The highest BCUT2D eigenvalue weighted by Crippen LogP contribution is 2.23. The molecule has 0 spiro atoms. The van der Waals surface area contributed by atoms with E-state index >= 15 is 0 Å². The van der Waals surface area contributed by atoms with Crippen molar-refractivity contribution in [3.8, 4) is 11.5 Å². The summed E-state index contributed by atoms with van der Waals surface area (Å²) in [5, 5.41) is 0. The molecular formula is C23H31N3O5S. The molecule has 1 atom stereocenters. The summed E-state index contributed by atoms with van der Waals surface area (Å²) < 4.78 is 35.7. The molecular weight excluding hydrogens is 430 g/mol. The molecule has 0 saturated carbocycles. The van der Waals surface area contributed by atoms with E-state index in [0.717, 1.165) is 30.8 Å². The molecule has 2 aromatic rings. The van der Waals surface area contributed by atoms with Gasteiger partial charge in [-0.25, -0.2) is 8.42 Å². The first-order chi connectivity index (χ1) is 15.2. The number of carbonyl (C=O) groups excluding carboxylic acids is 1. The van der Waals surface area contributed by atoms with Crippen molar-refractivity contribution in [1.82, 2.24) is 4.90 Å². The molecule has 174 valence electrons. The van der Waals surface area contributed by atoms with Crippen molar-refractivity contribution < 1.29 is 22.7 Å². The zero-order valence-electron chi connectivity index (χ0n) is 19.0. The molecule has 0 bridgehead atoms. The SMILES string of the molecule is CCC(Oc1ccc(N(C)S(C)(=O)=O)cc1)C(=O)N1CCN(c2ccc(OC)cc2)CC1. The average molecular weight is 462 g/mol. The maximum absolute atomic E-state index is 13.0. The number of ether oxygens (including phenoxy) is 2. The van der Waals surface area contributed by atoms with E-state index in [2.05, 4.69) is 4.90 Å². The quantitative estimate of drug-likeness (QED) is 0.601. The van der Waals surface area contributed by atoms with Crippen molar-refractivity contribution in [3.63, 3.8) is 0 Å². The summed E-state index contributed by atoms with van der Waals surface area (Å²) in [6.07, 6.45) is 1.11. The van der Waals surface area contributed by atoms with Crippen molar-refractivity contribution in [2.45, 2.75) is 19.4 Å². The van der Waals surface area contributed by atoms with Crippen LogP contribution in [0.15, 0.2) is 48.5 Å². The van der Waals surface area contributed by atoms with Crippen LogP contribution < -0.4 is 18.7 Å². The first-order valence-electron chi connectivity index (χ1n) is 10.6. The van der Waals surface area contributed by atoms with Gasteiger partial charge >= 0.3 is 0 Å². The van der Waals surface area contributed by atoms with Gasteiger partial charge in [-0.2, -0.15) is 0 Å². The lowest BCUT2D eigenvalue weighted by molar-refractivity contribution is -0.139. The van der Waals surface area contributed by atoms with Crippen molar-refractivity contribution >= 4 is 27.3 Å². The summed E-state index contributed by atoms with van der Waals surface area (Å²) in [6, 6.07) is 14.6. The Balaban J connectivity index is 1.58. The molecule has 9 heteroatoms. The molecule has 0 N–H and O–H groups in total. The van der Waals surface area contributed by atoms with Crippen molar-refractivity contribution in [1.29, 1.82) is 0 Å². The number of hydrogen-bond acceptors (Lipinski definition) is 6. The largest absolute Gasteiger partial charge is 0.497 e. The van der Waals surface area contributed by atoms with Crippen LogP contribution in [0.3, 0.4) is 0 Å². The van der Waals surface area contributed by atoms with Crippen molar-refractivity contribution in [3.05, 3.63) is 48.5 Å². The Morgan fingerprint density at radius 3 is 2.06 bits per heavy atom. The Morgan fingerprint density at radius 2 is 1.56 bits per heavy atom. The van der Waals surface area contributed by atoms with Crippen LogP contribution in [0, 0.1) is 0 Å². The third-order valence-electron chi connectivity index (χ3n) is 5.65. The second kappa shape index (κ2) is 10.1. The number of piperazine rings is 1. The van der Waals surface area contributed by atoms with Crippen LogP contribution in [0.4, 0.5) is 11.4 Å². The van der Waals surface area contributed by atoms with Gasteiger partial charge in [0, 0.05) is 38.9 Å². The molecule has 1 saturated heterocycles. The van der Waals surface area contributed by atoms with E-state index in [1.165, 1.54) is 11.4 Å². The fourth-order valence-corrected chi connectivity index (χ4v) is 4.09. The van der Waals surface area contributed by atoms with E-state index in [-0.39, 0.29) is 5.91 Å². The third-order valence-corrected chi connectivity index (χ3v) is 6.86. The van der Waals surface area contributed by atoms with Gasteiger partial charge in [0.05, 0.1) is 19.1 Å². The van der Waals surface area contributed by atoms with Gasteiger partial charge < -0.3 is 19.3 Å². The molecule has 1 fully saturated rings. The van der Waals surface area contributed by atoms with Gasteiger partial charge in [-0.15, -0.1) is 0 Å². The number of sulfonamides is 1. The monoisotopic (exact) mass is 461 g/mol. The van der Waals surface area contributed by atoms with Gasteiger partial charge in [-0.1, -0.05) is 6.92 Å². The van der Waals surface area contributed by atoms with Gasteiger partial charge in [-0.05, 0) is 55.0 Å². The summed E-state index contributed by atoms with van der Waals surface area (Å²) in [4.78, 5) is 17.1. The van der Waals surface area contributed by atoms with Gasteiger partial charge in [0.25, 0.3) is 5.91 Å². The lowest BCUT2D eigenvalue weighted by atomic mass is 10.2. The van der Waals surface area contributed by atoms with Crippen molar-refractivity contribution in [2.75, 3.05) is 55.8 Å². The van der Waals surface area contributed by atoms with Gasteiger partial charge in [-0.3, -0.25) is 9.10 Å². The summed E-state index contributed by atoms with van der Waals surface area (Å²) in [5.41, 5.74) is 1.65. The molecule has 0 radical (unpaired) electrons. The molecule has 3 rings (SSSR count). The number of rotatable bonds is 8. The smallest absolute Gasteiger partial charge is 0.263 e. The van der Waals surface area contributed by atoms with Gasteiger partial charge in [0.2, 0.25) is 10.0 Å². The molecule has 2 aromatic carbocycles. The van der Waals surface area contributed by atoms with E-state index in [9.17, 15) is 13.2 Å². The van der Waals surface area contributed by atoms with Crippen LogP contribution in [-0.4, -0.2) is 71.9 Å². The lowest BCUT2D eigenvalue weighted by Gasteiger charge is -2.37. The highest BCUT2D eigenvalue weighted by Gasteiger charge is 2.28. The fourth-order valence-electron chi connectivity index (χ4n) is 3.58. The van der Waals surface area contributed by atoms with E-state index in [1.54, 1.807) is 31.4 Å². The minimum Gasteiger partial charge on any atom is -0.497 e. The number of benzene rings is 2. The summed E-state index contributed by atoms with van der Waals surface area (Å²) >= 11 is 0. The van der Waals surface area contributed by atoms with Crippen LogP contribution in [0.5, 0.6) is 11.5 Å². The Bertz CT molecular complexity index is 1000. The number of hydrogen-bond donors (Lipinski definition) is 0. The number of nitrogens with zero attached hydrogens (tertiary/aromatic N) is 3. The van der Waals surface area contributed by atoms with Gasteiger partial charge in [0.1, 0.15) is 11.5 Å². The van der Waals surface area contributed by atoms with Crippen LogP contribution in [0.2, 0.25) is 0 Å². The van der Waals surface area contributed by atoms with Crippen LogP contribution >= 0.6 is 0 Å². The molecule has 32 heavy (non-hydrogen) atoms. The Hall–Kier alpha value is -2.94. The molecule has 1 aliphatic heterocycles. The van der Waals surface area contributed by atoms with Crippen molar-refractivity contribution in [2.24, 2.45) is 0 Å². The van der Waals surface area contributed by atoms with Gasteiger partial charge in [0.15, 0.2) is 6.10 Å². The molecule has 8 nitrogen and oxygen atoms in total. The van der Waals surface area contributed by atoms with Crippen LogP contribution in [0.1, 0.15) is 13.3 Å². The highest BCUT2D eigenvalue weighted by molar-refractivity contribution is 7.92. The normalized spacial score (nSPS) is 15.2. The first kappa shape index (κ1) is 23.7. The zero-order chi connectivity index (χ0) is 23.3. The summed E-state index contributed by atoms with van der Waals surface area (Å²) in [5.74, 6) is 1.33. The molecule has 1 amide bonds. The average Bonchev–Trinajstić information content (AvgIpc) is 2.81. The number of carbonyl (C=O) groups is 1. The predicted octanol–water partition coefficient (Wildman–Crippen LogP) is 2.60. The third kappa shape index (κ3) is 5.64. The Morgan fingerprint density at radius 1 is 1.00 bits per heavy atom. The first-order valence-corrected chi connectivity index (χ1v) is 12.5. The Kier molecular flexibility index (Phi) is 7.50. The second-order valence-corrected chi connectivity index (χ2v) is 9.76. The van der Waals surface area contributed by atoms with E-state index in [4.69, 9.17) is 9.47 Å². The van der Waals surface area contributed by atoms with Crippen LogP contribution in [-0.2, 0) is 14.8 Å². The molecule has 1 unspecified atom stereocenters. The lowest BCUT2D eigenvalue weighted by Crippen LogP contribution is -2.52. The second-order valence-electron chi connectivity index (χ2n) is 7.75. The fraction of sp³-hybridized carbons (Fsp3) is 0.435. The van der Waals surface area contributed by atoms with E-state index in [0.29, 0.717) is 30.9 Å². The molecule has 1 heterocycles. The zero-order valence-corrected chi connectivity index (χ0v) is 19.8. The van der Waals surface area contributed by atoms with E-state index < -0.39 is 16.1 Å². The maximum atomic E-state index is 13.0. The molecule has 0 aliphatic carbocycles. The number of anilines is 2. The maximum Gasteiger partial charge on any atom is 0.263 e. The summed E-state index contributed by atoms with van der Waals surface area (Å²) in [6.45, 7) is 4.68. The standard InChI is InChI=1S/C23H31N3O5S/c1-5-22(31-21-12-6-18(7-13-21)24(2)32(4,28)29)23(27)26-16-14-25(15-17-26)19-8-10-20(30-3)11-9-19/h6-13,22H,5,14-17H2,1-4H3. The molecule has 1 aliphatic rings.